The maximum Gasteiger partial charge on any atom is 0.289 e. The highest BCUT2D eigenvalue weighted by atomic mass is 28.4. The molecule has 0 spiro atoms. The third-order valence-electron chi connectivity index (χ3n) is 1.78. The third-order valence-corrected chi connectivity index (χ3v) is 3.33. The van der Waals surface area contributed by atoms with Crippen LogP contribution >= 0.6 is 0 Å². The molecule has 0 heterocycles. The van der Waals surface area contributed by atoms with Crippen LogP contribution in [0.3, 0.4) is 0 Å². The van der Waals surface area contributed by atoms with Gasteiger partial charge in [0.05, 0.1) is 0 Å². The molecular weight excluding hydrogens is 158 g/mol. The molecule has 0 aliphatic heterocycles. The first-order valence-corrected chi connectivity index (χ1v) is 7.26. The highest BCUT2D eigenvalue weighted by Crippen LogP contribution is 2.15. The fourth-order valence-electron chi connectivity index (χ4n) is 0.928. The fraction of sp³-hybridized carbons (Fsp3) is 1.00. The molecule has 1 nitrogen and oxygen atoms in total. The van der Waals surface area contributed by atoms with Gasteiger partial charge in [0.2, 0.25) is 8.41 Å². The molecule has 0 N–H and O–H groups in total. The molecule has 0 fully saturated rings. The number of rotatable bonds is 5. The zero-order valence-corrected chi connectivity index (χ0v) is 8.98. The van der Waals surface area contributed by atoms with Crippen molar-refractivity contribution in [2.75, 3.05) is 7.11 Å². The summed E-state index contributed by atoms with van der Waals surface area (Å²) in [5.41, 5.74) is 0. The van der Waals surface area contributed by atoms with Crippen molar-refractivity contribution in [1.29, 1.82) is 0 Å². The van der Waals surface area contributed by atoms with Gasteiger partial charge in [0.25, 0.3) is 6.92 Å². The molecule has 0 aromatic carbocycles. The SMILES string of the molecule is COB(C)CCC[Si](C)(C)F. The summed E-state index contributed by atoms with van der Waals surface area (Å²) in [6.07, 6.45) is 1.95. The molecule has 0 bridgehead atoms. The van der Waals surface area contributed by atoms with E-state index < -0.39 is 8.41 Å². The summed E-state index contributed by atoms with van der Waals surface area (Å²) in [5.74, 6) is 0. The minimum Gasteiger partial charge on any atom is -0.439 e. The van der Waals surface area contributed by atoms with Crippen molar-refractivity contribution < 1.29 is 8.76 Å². The van der Waals surface area contributed by atoms with Crippen molar-refractivity contribution in [3.63, 3.8) is 0 Å². The quantitative estimate of drug-likeness (QED) is 0.462. The van der Waals surface area contributed by atoms with E-state index in [9.17, 15) is 4.11 Å². The monoisotopic (exact) mass is 176 g/mol. The molecule has 0 rings (SSSR count). The second-order valence-corrected chi connectivity index (χ2v) is 7.59. The molecule has 0 aromatic heterocycles. The van der Waals surface area contributed by atoms with Gasteiger partial charge in [0.1, 0.15) is 0 Å². The van der Waals surface area contributed by atoms with Crippen molar-refractivity contribution in [1.82, 2.24) is 0 Å². The van der Waals surface area contributed by atoms with E-state index in [-0.39, 0.29) is 6.92 Å². The molecule has 0 saturated carbocycles. The van der Waals surface area contributed by atoms with E-state index in [1.54, 1.807) is 20.2 Å². The van der Waals surface area contributed by atoms with E-state index in [1.165, 1.54) is 0 Å². The molecule has 0 aromatic rings. The maximum atomic E-state index is 13.0. The Morgan fingerprint density at radius 2 is 2.00 bits per heavy atom. The molecular formula is C7H18BFOSi. The Bertz CT molecular complexity index is 105. The van der Waals surface area contributed by atoms with Gasteiger partial charge in [-0.2, -0.15) is 0 Å². The van der Waals surface area contributed by atoms with Crippen molar-refractivity contribution >= 4 is 15.3 Å². The molecule has 4 heteroatoms. The lowest BCUT2D eigenvalue weighted by Gasteiger charge is -2.11. The lowest BCUT2D eigenvalue weighted by Crippen LogP contribution is -2.19. The highest BCUT2D eigenvalue weighted by molar-refractivity contribution is 6.70. The zero-order valence-electron chi connectivity index (χ0n) is 7.98. The Kier molecular flexibility index (Phi) is 5.01. The van der Waals surface area contributed by atoms with Crippen LogP contribution in [0.1, 0.15) is 6.42 Å². The topological polar surface area (TPSA) is 9.23 Å². The number of hydrogen-bond acceptors (Lipinski definition) is 1. The Morgan fingerprint density at radius 3 is 2.36 bits per heavy atom. The van der Waals surface area contributed by atoms with Crippen LogP contribution in [0.15, 0.2) is 0 Å². The first-order valence-electron chi connectivity index (χ1n) is 4.17. The summed E-state index contributed by atoms with van der Waals surface area (Å²) in [4.78, 5) is 0. The summed E-state index contributed by atoms with van der Waals surface area (Å²) in [6, 6.07) is 0.765. The average Bonchev–Trinajstić information content (AvgIpc) is 1.85. The normalized spacial score (nSPS) is 11.7. The zero-order chi connectivity index (χ0) is 8.91. The van der Waals surface area contributed by atoms with Gasteiger partial charge in [-0.05, 0) is 25.5 Å². The molecule has 0 atom stereocenters. The standard InChI is InChI=1S/C7H18BFOSi/c1-8(10-2)6-5-7-11(3,4)9/h5-7H2,1-4H3. The second kappa shape index (κ2) is 4.93. The van der Waals surface area contributed by atoms with E-state index in [2.05, 4.69) is 0 Å². The van der Waals surface area contributed by atoms with Crippen LogP contribution < -0.4 is 0 Å². The van der Waals surface area contributed by atoms with E-state index in [4.69, 9.17) is 4.65 Å². The van der Waals surface area contributed by atoms with Crippen LogP contribution in [-0.4, -0.2) is 22.4 Å². The first kappa shape index (κ1) is 11.2. The summed E-state index contributed by atoms with van der Waals surface area (Å²) >= 11 is 0. The Balaban J connectivity index is 3.28. The Hall–Kier alpha value is 0.172. The molecule has 0 aliphatic carbocycles. The Morgan fingerprint density at radius 1 is 1.45 bits per heavy atom. The molecule has 0 saturated heterocycles. The van der Waals surface area contributed by atoms with Gasteiger partial charge in [-0.1, -0.05) is 13.2 Å². The van der Waals surface area contributed by atoms with Crippen LogP contribution in [0.4, 0.5) is 4.11 Å². The molecule has 0 amide bonds. The van der Waals surface area contributed by atoms with E-state index in [1.807, 2.05) is 6.82 Å². The summed E-state index contributed by atoms with van der Waals surface area (Å²) in [6.45, 7) is 5.81. The number of halogens is 1. The minimum absolute atomic E-state index is 0.284. The molecule has 0 aliphatic rings. The van der Waals surface area contributed by atoms with Crippen LogP contribution in [0.2, 0.25) is 32.3 Å². The van der Waals surface area contributed by atoms with Crippen molar-refractivity contribution in [3.8, 4) is 0 Å². The predicted octanol–water partition coefficient (Wildman–Crippen LogP) is 2.82. The molecule has 11 heavy (non-hydrogen) atoms. The molecule has 0 unspecified atom stereocenters. The highest BCUT2D eigenvalue weighted by Gasteiger charge is 2.20. The van der Waals surface area contributed by atoms with Gasteiger partial charge in [-0.25, -0.2) is 0 Å². The van der Waals surface area contributed by atoms with E-state index in [0.717, 1.165) is 18.8 Å². The van der Waals surface area contributed by atoms with Crippen LogP contribution in [-0.2, 0) is 4.65 Å². The van der Waals surface area contributed by atoms with E-state index >= 15 is 0 Å². The first-order chi connectivity index (χ1) is 4.95. The summed E-state index contributed by atoms with van der Waals surface area (Å²) in [5, 5.41) is 0. The van der Waals surface area contributed by atoms with Gasteiger partial charge >= 0.3 is 0 Å². The van der Waals surface area contributed by atoms with Gasteiger partial charge in [-0.3, -0.25) is 0 Å². The van der Waals surface area contributed by atoms with Gasteiger partial charge < -0.3 is 8.76 Å². The van der Waals surface area contributed by atoms with Gasteiger partial charge in [-0.15, -0.1) is 0 Å². The lowest BCUT2D eigenvalue weighted by atomic mass is 9.67. The smallest absolute Gasteiger partial charge is 0.289 e. The Labute approximate surface area is 70.6 Å². The van der Waals surface area contributed by atoms with Crippen LogP contribution in [0.25, 0.3) is 0 Å². The predicted molar refractivity (Wildman–Crippen MR) is 51.4 cm³/mol. The van der Waals surface area contributed by atoms with Crippen molar-refractivity contribution in [3.05, 3.63) is 0 Å². The van der Waals surface area contributed by atoms with Gasteiger partial charge in [0, 0.05) is 7.11 Å². The molecule has 66 valence electrons. The summed E-state index contributed by atoms with van der Waals surface area (Å²) < 4.78 is 18.1. The van der Waals surface area contributed by atoms with E-state index in [0.29, 0.717) is 0 Å². The lowest BCUT2D eigenvalue weighted by molar-refractivity contribution is 0.423. The largest absolute Gasteiger partial charge is 0.439 e. The second-order valence-electron chi connectivity index (χ2n) is 3.66. The third kappa shape index (κ3) is 8.07. The van der Waals surface area contributed by atoms with Crippen molar-refractivity contribution in [2.24, 2.45) is 0 Å². The number of hydrogen-bond donors (Lipinski definition) is 0. The maximum absolute atomic E-state index is 13.0. The minimum atomic E-state index is -2.29. The van der Waals surface area contributed by atoms with Gasteiger partial charge in [0.15, 0.2) is 0 Å². The molecule has 0 radical (unpaired) electrons. The van der Waals surface area contributed by atoms with Crippen LogP contribution in [0.5, 0.6) is 0 Å². The average molecular weight is 176 g/mol. The van der Waals surface area contributed by atoms with Crippen molar-refractivity contribution in [2.45, 2.75) is 38.7 Å². The summed E-state index contributed by atoms with van der Waals surface area (Å²) in [7, 11) is -0.595. The van der Waals surface area contributed by atoms with Crippen LogP contribution in [0, 0.1) is 0 Å². The fourth-order valence-corrected chi connectivity index (χ4v) is 1.97.